The van der Waals surface area contributed by atoms with Crippen molar-refractivity contribution in [2.45, 2.75) is 39.9 Å². The lowest BCUT2D eigenvalue weighted by Gasteiger charge is -2.18. The first kappa shape index (κ1) is 19.8. The SMILES string of the molecule is CCCCOC(COCCOC(C)=O)OCCOC(C)=O. The van der Waals surface area contributed by atoms with Gasteiger partial charge in [-0.25, -0.2) is 0 Å². The molecule has 7 nitrogen and oxygen atoms in total. The fraction of sp³-hybridized carbons (Fsp3) is 0.857. The van der Waals surface area contributed by atoms with Crippen LogP contribution in [0.25, 0.3) is 0 Å². The molecule has 0 saturated carbocycles. The Morgan fingerprint density at radius 3 is 2.00 bits per heavy atom. The van der Waals surface area contributed by atoms with Crippen molar-refractivity contribution in [1.29, 1.82) is 0 Å². The lowest BCUT2D eigenvalue weighted by atomic mass is 10.4. The van der Waals surface area contributed by atoms with Crippen LogP contribution in [0.4, 0.5) is 0 Å². The minimum atomic E-state index is -0.524. The summed E-state index contributed by atoms with van der Waals surface area (Å²) in [5, 5.41) is 0. The number of hydrogen-bond donors (Lipinski definition) is 0. The molecule has 0 aromatic carbocycles. The van der Waals surface area contributed by atoms with E-state index in [1.54, 1.807) is 0 Å². The summed E-state index contributed by atoms with van der Waals surface area (Å²) in [5.41, 5.74) is 0. The lowest BCUT2D eigenvalue weighted by molar-refractivity contribution is -0.183. The first-order valence-electron chi connectivity index (χ1n) is 7.14. The average Bonchev–Trinajstić information content (AvgIpc) is 2.42. The maximum atomic E-state index is 10.6. The second-order valence-electron chi connectivity index (χ2n) is 4.28. The molecule has 0 aliphatic heterocycles. The van der Waals surface area contributed by atoms with Gasteiger partial charge in [0.05, 0.1) is 19.8 Å². The molecular formula is C14H26O7. The molecule has 1 atom stereocenters. The molecule has 0 amide bonds. The van der Waals surface area contributed by atoms with Gasteiger partial charge in [0.25, 0.3) is 0 Å². The average molecular weight is 306 g/mol. The van der Waals surface area contributed by atoms with Gasteiger partial charge in [-0.15, -0.1) is 0 Å². The molecule has 0 rings (SSSR count). The van der Waals surface area contributed by atoms with Crippen molar-refractivity contribution in [2.24, 2.45) is 0 Å². The summed E-state index contributed by atoms with van der Waals surface area (Å²) in [4.78, 5) is 21.2. The molecule has 0 fully saturated rings. The summed E-state index contributed by atoms with van der Waals surface area (Å²) in [6.45, 7) is 6.44. The number of carbonyl (C=O) groups is 2. The third-order valence-electron chi connectivity index (χ3n) is 2.28. The van der Waals surface area contributed by atoms with Gasteiger partial charge in [-0.2, -0.15) is 0 Å². The molecule has 0 N–H and O–H groups in total. The molecule has 0 aliphatic carbocycles. The minimum absolute atomic E-state index is 0.177. The van der Waals surface area contributed by atoms with Crippen molar-refractivity contribution in [2.75, 3.05) is 39.6 Å². The van der Waals surface area contributed by atoms with Crippen molar-refractivity contribution in [3.8, 4) is 0 Å². The van der Waals surface area contributed by atoms with Gasteiger partial charge in [-0.1, -0.05) is 13.3 Å². The van der Waals surface area contributed by atoms with Gasteiger partial charge in [-0.05, 0) is 6.42 Å². The van der Waals surface area contributed by atoms with E-state index < -0.39 is 6.29 Å². The van der Waals surface area contributed by atoms with Crippen molar-refractivity contribution in [1.82, 2.24) is 0 Å². The minimum Gasteiger partial charge on any atom is -0.463 e. The molecule has 1 unspecified atom stereocenters. The fourth-order valence-corrected chi connectivity index (χ4v) is 1.29. The van der Waals surface area contributed by atoms with E-state index in [1.165, 1.54) is 13.8 Å². The Morgan fingerprint density at radius 2 is 1.43 bits per heavy atom. The predicted octanol–water partition coefficient (Wildman–Crippen LogP) is 1.29. The number of hydrogen-bond acceptors (Lipinski definition) is 7. The summed E-state index contributed by atoms with van der Waals surface area (Å²) in [6, 6.07) is 0. The number of ether oxygens (including phenoxy) is 5. The monoisotopic (exact) mass is 306 g/mol. The third-order valence-corrected chi connectivity index (χ3v) is 2.28. The van der Waals surface area contributed by atoms with Gasteiger partial charge < -0.3 is 23.7 Å². The van der Waals surface area contributed by atoms with E-state index in [0.717, 1.165) is 12.8 Å². The quantitative estimate of drug-likeness (QED) is 0.288. The molecule has 7 heteroatoms. The zero-order valence-corrected chi connectivity index (χ0v) is 13.1. The van der Waals surface area contributed by atoms with Crippen LogP contribution in [-0.4, -0.2) is 57.9 Å². The normalized spacial score (nSPS) is 12.0. The summed E-state index contributed by atoms with van der Waals surface area (Å²) in [7, 11) is 0. The Morgan fingerprint density at radius 1 is 0.857 bits per heavy atom. The zero-order valence-electron chi connectivity index (χ0n) is 13.1. The summed E-state index contributed by atoms with van der Waals surface area (Å²) >= 11 is 0. The van der Waals surface area contributed by atoms with Crippen LogP contribution >= 0.6 is 0 Å². The second-order valence-corrected chi connectivity index (χ2v) is 4.28. The number of carbonyl (C=O) groups excluding carboxylic acids is 2. The Balaban J connectivity index is 3.79. The maximum absolute atomic E-state index is 10.6. The smallest absolute Gasteiger partial charge is 0.302 e. The topological polar surface area (TPSA) is 80.3 Å². The Bertz CT molecular complexity index is 280. The van der Waals surface area contributed by atoms with E-state index >= 15 is 0 Å². The van der Waals surface area contributed by atoms with Gasteiger partial charge in [0, 0.05) is 20.5 Å². The highest BCUT2D eigenvalue weighted by Gasteiger charge is 2.10. The molecule has 21 heavy (non-hydrogen) atoms. The fourth-order valence-electron chi connectivity index (χ4n) is 1.29. The van der Waals surface area contributed by atoms with Crippen LogP contribution in [0.1, 0.15) is 33.6 Å². The highest BCUT2D eigenvalue weighted by atomic mass is 16.7. The molecule has 0 saturated heterocycles. The molecule has 0 radical (unpaired) electrons. The second kappa shape index (κ2) is 13.8. The lowest BCUT2D eigenvalue weighted by Crippen LogP contribution is -2.27. The zero-order chi connectivity index (χ0) is 15.9. The van der Waals surface area contributed by atoms with E-state index in [1.807, 2.05) is 0 Å². The molecular weight excluding hydrogens is 280 g/mol. The van der Waals surface area contributed by atoms with Gasteiger partial charge >= 0.3 is 11.9 Å². The van der Waals surface area contributed by atoms with E-state index in [-0.39, 0.29) is 45.0 Å². The first-order chi connectivity index (χ1) is 10.1. The van der Waals surface area contributed by atoms with E-state index in [4.69, 9.17) is 23.7 Å². The largest absolute Gasteiger partial charge is 0.463 e. The maximum Gasteiger partial charge on any atom is 0.302 e. The Kier molecular flexibility index (Phi) is 13.0. The van der Waals surface area contributed by atoms with Crippen LogP contribution in [0.2, 0.25) is 0 Å². The molecule has 0 bridgehead atoms. The number of rotatable bonds is 13. The molecule has 0 spiro atoms. The third kappa shape index (κ3) is 15.0. The van der Waals surface area contributed by atoms with Gasteiger partial charge in [-0.3, -0.25) is 9.59 Å². The standard InChI is InChI=1S/C14H26O7/c1-4-5-6-20-14(21-10-9-19-13(3)16)11-17-7-8-18-12(2)15/h14H,4-11H2,1-3H3. The molecule has 0 aromatic heterocycles. The van der Waals surface area contributed by atoms with Crippen LogP contribution in [0.15, 0.2) is 0 Å². The number of unbranched alkanes of at least 4 members (excludes halogenated alkanes) is 1. The Hall–Kier alpha value is -1.18. The van der Waals surface area contributed by atoms with Gasteiger partial charge in [0.2, 0.25) is 0 Å². The van der Waals surface area contributed by atoms with Crippen molar-refractivity contribution in [3.05, 3.63) is 0 Å². The summed E-state index contributed by atoms with van der Waals surface area (Å²) < 4.78 is 25.8. The number of esters is 2. The summed E-state index contributed by atoms with van der Waals surface area (Å²) in [6.07, 6.45) is 1.43. The summed E-state index contributed by atoms with van der Waals surface area (Å²) in [5.74, 6) is -0.688. The van der Waals surface area contributed by atoms with Crippen LogP contribution in [0.3, 0.4) is 0 Å². The van der Waals surface area contributed by atoms with E-state index in [0.29, 0.717) is 6.61 Å². The molecule has 0 heterocycles. The van der Waals surface area contributed by atoms with Crippen LogP contribution in [0, 0.1) is 0 Å². The van der Waals surface area contributed by atoms with Crippen LogP contribution < -0.4 is 0 Å². The Labute approximate surface area is 125 Å². The van der Waals surface area contributed by atoms with Crippen LogP contribution in [0.5, 0.6) is 0 Å². The molecule has 0 aliphatic rings. The predicted molar refractivity (Wildman–Crippen MR) is 74.7 cm³/mol. The van der Waals surface area contributed by atoms with Crippen molar-refractivity contribution < 1.29 is 33.3 Å². The molecule has 124 valence electrons. The van der Waals surface area contributed by atoms with Gasteiger partial charge in [0.15, 0.2) is 6.29 Å². The van der Waals surface area contributed by atoms with Gasteiger partial charge in [0.1, 0.15) is 13.2 Å². The molecule has 0 aromatic rings. The van der Waals surface area contributed by atoms with E-state index in [9.17, 15) is 9.59 Å². The first-order valence-corrected chi connectivity index (χ1v) is 7.14. The van der Waals surface area contributed by atoms with E-state index in [2.05, 4.69) is 6.92 Å². The highest BCUT2D eigenvalue weighted by molar-refractivity contribution is 5.66. The van der Waals surface area contributed by atoms with Crippen molar-refractivity contribution in [3.63, 3.8) is 0 Å². The van der Waals surface area contributed by atoms with Crippen LogP contribution in [-0.2, 0) is 33.3 Å². The highest BCUT2D eigenvalue weighted by Crippen LogP contribution is 2.00. The van der Waals surface area contributed by atoms with Crippen molar-refractivity contribution >= 4 is 11.9 Å².